The maximum atomic E-state index is 11.7. The third kappa shape index (κ3) is 4.45. The van der Waals surface area contributed by atoms with E-state index in [9.17, 15) is 9.59 Å². The van der Waals surface area contributed by atoms with Gasteiger partial charge in [0.1, 0.15) is 6.61 Å². The lowest BCUT2D eigenvalue weighted by Gasteiger charge is -2.11. The number of ether oxygens (including phenoxy) is 2. The fourth-order valence-electron chi connectivity index (χ4n) is 2.28. The molecule has 20 heavy (non-hydrogen) atoms. The van der Waals surface area contributed by atoms with E-state index >= 15 is 0 Å². The fraction of sp³-hybridized carbons (Fsp3) is 0.714. The number of rotatable bonds is 6. The van der Waals surface area contributed by atoms with Crippen molar-refractivity contribution < 1.29 is 19.1 Å². The highest BCUT2D eigenvalue weighted by Gasteiger charge is 2.32. The molecule has 0 spiro atoms. The van der Waals surface area contributed by atoms with Crippen LogP contribution in [0, 0.1) is 0 Å². The first-order valence-electron chi connectivity index (χ1n) is 7.01. The van der Waals surface area contributed by atoms with Crippen molar-refractivity contribution in [1.82, 2.24) is 0 Å². The third-order valence-corrected chi connectivity index (χ3v) is 6.42. The van der Waals surface area contributed by atoms with Gasteiger partial charge >= 0.3 is 11.9 Å². The van der Waals surface area contributed by atoms with Crippen LogP contribution < -0.4 is 0 Å². The predicted molar refractivity (Wildman–Crippen MR) is 81.5 cm³/mol. The molecule has 0 bridgehead atoms. The summed E-state index contributed by atoms with van der Waals surface area (Å²) in [6, 6.07) is 0. The molecular formula is C14H20O4S2. The van der Waals surface area contributed by atoms with Crippen LogP contribution in [-0.4, -0.2) is 35.7 Å². The summed E-state index contributed by atoms with van der Waals surface area (Å²) < 4.78 is 10.2. The molecule has 0 aliphatic carbocycles. The molecule has 2 rings (SSSR count). The van der Waals surface area contributed by atoms with Gasteiger partial charge in [-0.1, -0.05) is 34.1 Å². The number of hydrogen-bond donors (Lipinski definition) is 0. The molecule has 2 atom stereocenters. The van der Waals surface area contributed by atoms with Crippen molar-refractivity contribution in [2.45, 2.75) is 50.4 Å². The number of cyclic esters (lactones) is 1. The number of carbonyl (C=O) groups excluding carboxylic acids is 2. The highest BCUT2D eigenvalue weighted by Crippen LogP contribution is 2.39. The van der Waals surface area contributed by atoms with E-state index in [-0.39, 0.29) is 18.5 Å². The normalized spacial score (nSPS) is 27.9. The van der Waals surface area contributed by atoms with Gasteiger partial charge in [-0.25, -0.2) is 4.79 Å². The lowest BCUT2D eigenvalue weighted by atomic mass is 10.1. The van der Waals surface area contributed by atoms with Crippen molar-refractivity contribution >= 4 is 33.5 Å². The zero-order valence-electron chi connectivity index (χ0n) is 11.6. The monoisotopic (exact) mass is 316 g/mol. The molecule has 2 aliphatic heterocycles. The minimum atomic E-state index is -0.512. The summed E-state index contributed by atoms with van der Waals surface area (Å²) in [6.07, 6.45) is 5.94. The van der Waals surface area contributed by atoms with Gasteiger partial charge in [0.05, 0.1) is 5.57 Å². The van der Waals surface area contributed by atoms with Gasteiger partial charge in [0.25, 0.3) is 0 Å². The Hall–Kier alpha value is -0.620. The Bertz CT molecular complexity index is 389. The lowest BCUT2D eigenvalue weighted by Crippen LogP contribution is -2.20. The molecule has 0 aromatic heterocycles. The predicted octanol–water partition coefficient (Wildman–Crippen LogP) is 3.12. The van der Waals surface area contributed by atoms with Gasteiger partial charge in [-0.3, -0.25) is 4.79 Å². The zero-order valence-corrected chi connectivity index (χ0v) is 13.3. The van der Waals surface area contributed by atoms with E-state index in [0.717, 1.165) is 18.1 Å². The molecule has 2 fully saturated rings. The van der Waals surface area contributed by atoms with Crippen LogP contribution in [0.25, 0.3) is 0 Å². The number of carbonyl (C=O) groups is 2. The number of allylic oxidation sites excluding steroid dienone is 1. The number of hydrogen-bond acceptors (Lipinski definition) is 6. The molecule has 6 heteroatoms. The van der Waals surface area contributed by atoms with Crippen LogP contribution in [0.3, 0.4) is 0 Å². The standard InChI is InChI=1S/C14H20O4S2/c1-2-11-12(9-17-14(11)16)18-13(15)6-4-3-5-10-7-8-19-20-10/h2,10,12H,3-9H2,1H3/b11-2+. The highest BCUT2D eigenvalue weighted by atomic mass is 33.1. The minimum absolute atomic E-state index is 0.153. The first-order chi connectivity index (χ1) is 9.70. The maximum Gasteiger partial charge on any atom is 0.337 e. The van der Waals surface area contributed by atoms with Gasteiger partial charge in [0, 0.05) is 17.4 Å². The lowest BCUT2D eigenvalue weighted by molar-refractivity contribution is -0.148. The summed E-state index contributed by atoms with van der Waals surface area (Å²) >= 11 is 0. The van der Waals surface area contributed by atoms with Crippen LogP contribution in [-0.2, 0) is 19.1 Å². The Morgan fingerprint density at radius 1 is 1.50 bits per heavy atom. The second-order valence-electron chi connectivity index (χ2n) is 4.90. The third-order valence-electron chi connectivity index (χ3n) is 3.42. The van der Waals surface area contributed by atoms with E-state index in [2.05, 4.69) is 0 Å². The van der Waals surface area contributed by atoms with Crippen LogP contribution in [0.5, 0.6) is 0 Å². The quantitative estimate of drug-likeness (QED) is 0.325. The topological polar surface area (TPSA) is 52.6 Å². The zero-order chi connectivity index (χ0) is 14.4. The van der Waals surface area contributed by atoms with E-state index < -0.39 is 6.10 Å². The summed E-state index contributed by atoms with van der Waals surface area (Å²) in [5.74, 6) is 0.640. The molecule has 0 saturated carbocycles. The van der Waals surface area contributed by atoms with Crippen molar-refractivity contribution in [3.05, 3.63) is 11.6 Å². The molecule has 0 aromatic rings. The number of unbranched alkanes of at least 4 members (excludes halogenated alkanes) is 1. The van der Waals surface area contributed by atoms with Crippen molar-refractivity contribution in [2.24, 2.45) is 0 Å². The van der Waals surface area contributed by atoms with E-state index in [1.54, 1.807) is 13.0 Å². The van der Waals surface area contributed by atoms with Gasteiger partial charge in [-0.15, -0.1) is 0 Å². The second kappa shape index (κ2) is 7.98. The molecular weight excluding hydrogens is 296 g/mol. The van der Waals surface area contributed by atoms with E-state index in [1.165, 1.54) is 18.6 Å². The first kappa shape index (κ1) is 15.8. The Morgan fingerprint density at radius 2 is 2.35 bits per heavy atom. The Morgan fingerprint density at radius 3 is 3.05 bits per heavy atom. The summed E-state index contributed by atoms with van der Waals surface area (Å²) in [5.41, 5.74) is 0.456. The fourth-order valence-corrected chi connectivity index (χ4v) is 5.31. The molecule has 2 heterocycles. The summed E-state index contributed by atoms with van der Waals surface area (Å²) in [4.78, 5) is 23.1. The summed E-state index contributed by atoms with van der Waals surface area (Å²) in [7, 11) is 3.91. The van der Waals surface area contributed by atoms with Crippen LogP contribution in [0.1, 0.15) is 39.0 Å². The average molecular weight is 316 g/mol. The van der Waals surface area contributed by atoms with E-state index in [0.29, 0.717) is 12.0 Å². The van der Waals surface area contributed by atoms with Crippen molar-refractivity contribution in [3.8, 4) is 0 Å². The number of esters is 2. The Kier molecular flexibility index (Phi) is 6.29. The first-order valence-corrected chi connectivity index (χ1v) is 9.40. The summed E-state index contributed by atoms with van der Waals surface area (Å²) in [5, 5.41) is 0.756. The van der Waals surface area contributed by atoms with Crippen molar-refractivity contribution in [2.75, 3.05) is 12.4 Å². The molecule has 0 aromatic carbocycles. The van der Waals surface area contributed by atoms with Gasteiger partial charge in [-0.2, -0.15) is 0 Å². The molecule has 0 N–H and O–H groups in total. The molecule has 4 nitrogen and oxygen atoms in total. The smallest absolute Gasteiger partial charge is 0.337 e. The molecule has 112 valence electrons. The van der Waals surface area contributed by atoms with E-state index in [4.69, 9.17) is 9.47 Å². The van der Waals surface area contributed by atoms with Crippen LogP contribution in [0.15, 0.2) is 11.6 Å². The molecule has 0 amide bonds. The Labute approximate surface area is 127 Å². The minimum Gasteiger partial charge on any atom is -0.458 e. The molecule has 0 radical (unpaired) electrons. The largest absolute Gasteiger partial charge is 0.458 e. The van der Waals surface area contributed by atoms with Gasteiger partial charge in [0.2, 0.25) is 0 Å². The van der Waals surface area contributed by atoms with Crippen LogP contribution in [0.2, 0.25) is 0 Å². The maximum absolute atomic E-state index is 11.7. The van der Waals surface area contributed by atoms with Crippen molar-refractivity contribution in [1.29, 1.82) is 0 Å². The van der Waals surface area contributed by atoms with Gasteiger partial charge in [-0.05, 0) is 26.2 Å². The molecule has 2 saturated heterocycles. The van der Waals surface area contributed by atoms with Crippen molar-refractivity contribution in [3.63, 3.8) is 0 Å². The van der Waals surface area contributed by atoms with Gasteiger partial charge < -0.3 is 9.47 Å². The molecule has 2 aliphatic rings. The molecule has 2 unspecified atom stereocenters. The second-order valence-corrected chi connectivity index (χ2v) is 7.68. The van der Waals surface area contributed by atoms with Crippen LogP contribution in [0.4, 0.5) is 0 Å². The van der Waals surface area contributed by atoms with Gasteiger partial charge in [0.15, 0.2) is 6.10 Å². The van der Waals surface area contributed by atoms with E-state index in [1.807, 2.05) is 21.6 Å². The summed E-state index contributed by atoms with van der Waals surface area (Å²) in [6.45, 7) is 1.90. The SMILES string of the molecule is C/C=C1/C(=O)OCC1OC(=O)CCCCC1CCSS1. The highest BCUT2D eigenvalue weighted by molar-refractivity contribution is 8.77. The Balaban J connectivity index is 1.61. The van der Waals surface area contributed by atoms with Crippen LogP contribution >= 0.6 is 21.6 Å². The average Bonchev–Trinajstić information content (AvgIpc) is 3.05.